The van der Waals surface area contributed by atoms with Crippen molar-refractivity contribution in [3.63, 3.8) is 0 Å². The number of ether oxygens (including phenoxy) is 5. The topological polar surface area (TPSA) is 122 Å². The van der Waals surface area contributed by atoms with E-state index in [9.17, 15) is 13.2 Å². The van der Waals surface area contributed by atoms with Crippen LogP contribution in [0.2, 0.25) is 0 Å². The molecule has 2 fully saturated rings. The minimum atomic E-state index is -4.10. The van der Waals surface area contributed by atoms with Crippen LogP contribution in [0.15, 0.2) is 47.4 Å². The van der Waals surface area contributed by atoms with Crippen molar-refractivity contribution in [1.29, 1.82) is 0 Å². The maximum atomic E-state index is 14.1. The summed E-state index contributed by atoms with van der Waals surface area (Å²) in [6.07, 6.45) is 2.13. The lowest BCUT2D eigenvalue weighted by Gasteiger charge is -2.40. The second-order valence-corrected chi connectivity index (χ2v) is 12.0. The van der Waals surface area contributed by atoms with Crippen LogP contribution >= 0.6 is 0 Å². The molecule has 2 aromatic rings. The van der Waals surface area contributed by atoms with Crippen molar-refractivity contribution in [3.05, 3.63) is 42.5 Å². The maximum absolute atomic E-state index is 14.1. The molecule has 3 heterocycles. The van der Waals surface area contributed by atoms with E-state index in [-0.39, 0.29) is 24.5 Å². The first-order valence-electron chi connectivity index (χ1n) is 13.1. The highest BCUT2D eigenvalue weighted by atomic mass is 32.2. The first-order chi connectivity index (χ1) is 18.9. The van der Waals surface area contributed by atoms with Crippen molar-refractivity contribution in [2.24, 2.45) is 0 Å². The Morgan fingerprint density at radius 1 is 1.05 bits per heavy atom. The van der Waals surface area contributed by atoms with E-state index >= 15 is 0 Å². The monoisotopic (exact) mass is 562 g/mol. The van der Waals surface area contributed by atoms with E-state index < -0.39 is 26.8 Å². The van der Waals surface area contributed by atoms with E-state index in [2.05, 4.69) is 10.4 Å². The quantitative estimate of drug-likeness (QED) is 0.433. The van der Waals surface area contributed by atoms with Gasteiger partial charge in [-0.25, -0.2) is 18.7 Å². The van der Waals surface area contributed by atoms with Gasteiger partial charge < -0.3 is 28.6 Å². The number of nitrogens with zero attached hydrogens (tertiary/aromatic N) is 1. The van der Waals surface area contributed by atoms with Gasteiger partial charge in [-0.2, -0.15) is 0 Å². The van der Waals surface area contributed by atoms with Crippen molar-refractivity contribution in [2.75, 3.05) is 46.8 Å². The Labute approximate surface area is 228 Å². The van der Waals surface area contributed by atoms with E-state index in [0.29, 0.717) is 62.3 Å². The number of amides is 1. The molecular formula is C27H34N2O9S. The highest BCUT2D eigenvalue weighted by Gasteiger charge is 2.53. The summed E-state index contributed by atoms with van der Waals surface area (Å²) in [7, 11) is -2.48. The van der Waals surface area contributed by atoms with Crippen molar-refractivity contribution < 1.29 is 41.7 Å². The highest BCUT2D eigenvalue weighted by molar-refractivity contribution is 7.93. The fraction of sp³-hybridized carbons (Fsp3) is 0.519. The summed E-state index contributed by atoms with van der Waals surface area (Å²) in [6, 6.07) is 11.3. The van der Waals surface area contributed by atoms with Gasteiger partial charge in [-0.15, -0.1) is 0 Å². The third kappa shape index (κ3) is 5.99. The molecule has 0 spiro atoms. The Morgan fingerprint density at radius 3 is 2.51 bits per heavy atom. The molecule has 5 rings (SSSR count). The zero-order chi connectivity index (χ0) is 27.3. The van der Waals surface area contributed by atoms with Crippen LogP contribution in [-0.4, -0.2) is 77.0 Å². The summed E-state index contributed by atoms with van der Waals surface area (Å²) in [4.78, 5) is 21.2. The SMILES string of the molecule is COCCN1CCC(C(=O)NOC2CCCCO2)(S(=O)(=O)c2ccc(Oc3ccc4c(c3)OCO4)cc2)CC1. The lowest BCUT2D eigenvalue weighted by atomic mass is 9.95. The van der Waals surface area contributed by atoms with E-state index in [0.717, 1.165) is 12.8 Å². The molecule has 11 nitrogen and oxygen atoms in total. The van der Waals surface area contributed by atoms with Crippen molar-refractivity contribution in [1.82, 2.24) is 10.4 Å². The lowest BCUT2D eigenvalue weighted by Crippen LogP contribution is -2.58. The second kappa shape index (κ2) is 12.1. The summed E-state index contributed by atoms with van der Waals surface area (Å²) in [5.74, 6) is 1.51. The van der Waals surface area contributed by atoms with Crippen molar-refractivity contribution >= 4 is 15.7 Å². The molecule has 12 heteroatoms. The van der Waals surface area contributed by atoms with E-state index in [4.69, 9.17) is 28.5 Å². The van der Waals surface area contributed by atoms with E-state index in [1.54, 1.807) is 37.4 Å². The number of carbonyl (C=O) groups is 1. The van der Waals surface area contributed by atoms with Gasteiger partial charge in [0.2, 0.25) is 6.79 Å². The number of methoxy groups -OCH3 is 1. The second-order valence-electron chi connectivity index (χ2n) is 9.77. The first kappa shape index (κ1) is 27.7. The van der Waals surface area contributed by atoms with Crippen molar-refractivity contribution in [3.8, 4) is 23.0 Å². The number of carbonyl (C=O) groups excluding carboxylic acids is 1. The summed E-state index contributed by atoms with van der Waals surface area (Å²) < 4.78 is 53.7. The van der Waals surface area contributed by atoms with Crippen LogP contribution < -0.4 is 19.7 Å². The van der Waals surface area contributed by atoms with Gasteiger partial charge >= 0.3 is 0 Å². The molecule has 0 aliphatic carbocycles. The molecule has 39 heavy (non-hydrogen) atoms. The van der Waals surface area contributed by atoms with Crippen LogP contribution in [0.3, 0.4) is 0 Å². The van der Waals surface area contributed by atoms with E-state index in [1.165, 1.54) is 12.1 Å². The fourth-order valence-electron chi connectivity index (χ4n) is 4.98. The van der Waals surface area contributed by atoms with Crippen LogP contribution in [0.5, 0.6) is 23.0 Å². The van der Waals surface area contributed by atoms with Gasteiger partial charge in [0.25, 0.3) is 5.91 Å². The number of piperidine rings is 1. The summed E-state index contributed by atoms with van der Waals surface area (Å²) >= 11 is 0. The number of nitrogens with one attached hydrogen (secondary N) is 1. The summed E-state index contributed by atoms with van der Waals surface area (Å²) in [5, 5.41) is 0. The van der Waals surface area contributed by atoms with Gasteiger partial charge in [0.05, 0.1) is 11.5 Å². The Balaban J connectivity index is 1.33. The van der Waals surface area contributed by atoms with Crippen LogP contribution in [0.1, 0.15) is 32.1 Å². The molecule has 0 aromatic heterocycles. The lowest BCUT2D eigenvalue weighted by molar-refractivity contribution is -0.202. The number of hydrogen-bond donors (Lipinski definition) is 1. The highest BCUT2D eigenvalue weighted by Crippen LogP contribution is 2.39. The number of rotatable bonds is 10. The Bertz CT molecular complexity index is 1240. The third-order valence-electron chi connectivity index (χ3n) is 7.34. The third-order valence-corrected chi connectivity index (χ3v) is 9.85. The van der Waals surface area contributed by atoms with Gasteiger partial charge in [-0.3, -0.25) is 4.79 Å². The Kier molecular flexibility index (Phi) is 8.57. The summed E-state index contributed by atoms with van der Waals surface area (Å²) in [6.45, 7) is 2.75. The Hall–Kier alpha value is -2.90. The van der Waals surface area contributed by atoms with E-state index in [1.807, 2.05) is 0 Å². The predicted octanol–water partition coefficient (Wildman–Crippen LogP) is 3.04. The minimum Gasteiger partial charge on any atom is -0.457 e. The van der Waals surface area contributed by atoms with Gasteiger partial charge in [-0.05, 0) is 62.1 Å². The smallest absolute Gasteiger partial charge is 0.265 e. The molecule has 212 valence electrons. The molecule has 0 saturated carbocycles. The minimum absolute atomic E-state index is 0.0370. The number of benzene rings is 2. The molecule has 3 aliphatic heterocycles. The standard InChI is InChI=1S/C27H34N2O9S/c1-33-17-15-29-13-11-27(12-14-29,26(30)28-38-25-4-2-3-16-34-25)39(31,32)22-8-5-20(6-9-22)37-21-7-10-23-24(18-21)36-19-35-23/h5-10,18,25H,2-4,11-17,19H2,1H3,(H,28,30). The van der Waals surface area contributed by atoms with Crippen LogP contribution in [0, 0.1) is 0 Å². The van der Waals surface area contributed by atoms with Crippen LogP contribution in [-0.2, 0) is 28.9 Å². The number of sulfone groups is 1. The summed E-state index contributed by atoms with van der Waals surface area (Å²) in [5.41, 5.74) is 2.43. The molecule has 0 bridgehead atoms. The predicted molar refractivity (Wildman–Crippen MR) is 139 cm³/mol. The zero-order valence-corrected chi connectivity index (χ0v) is 22.7. The number of fused-ring (bicyclic) bond motifs is 1. The number of hydrogen-bond acceptors (Lipinski definition) is 10. The number of hydroxylamine groups is 1. The zero-order valence-electron chi connectivity index (χ0n) is 21.9. The van der Waals surface area contributed by atoms with Gasteiger partial charge in [0.1, 0.15) is 11.5 Å². The van der Waals surface area contributed by atoms with Crippen LogP contribution in [0.25, 0.3) is 0 Å². The molecule has 2 aromatic carbocycles. The first-order valence-corrected chi connectivity index (χ1v) is 14.6. The fourth-order valence-corrected chi connectivity index (χ4v) is 6.93. The molecule has 0 radical (unpaired) electrons. The average molecular weight is 563 g/mol. The molecule has 1 amide bonds. The normalized spacial score (nSPS) is 20.9. The number of likely N-dealkylation sites (tertiary alicyclic amines) is 1. The van der Waals surface area contributed by atoms with Crippen LogP contribution in [0.4, 0.5) is 0 Å². The average Bonchev–Trinajstić information content (AvgIpc) is 3.44. The molecular weight excluding hydrogens is 528 g/mol. The molecule has 3 aliphatic rings. The Morgan fingerprint density at radius 2 is 1.79 bits per heavy atom. The van der Waals surface area contributed by atoms with Gasteiger partial charge in [0, 0.05) is 45.8 Å². The van der Waals surface area contributed by atoms with Gasteiger partial charge in [-0.1, -0.05) is 0 Å². The molecule has 2 saturated heterocycles. The van der Waals surface area contributed by atoms with Crippen molar-refractivity contribution in [2.45, 2.75) is 48.0 Å². The molecule has 1 N–H and O–H groups in total. The largest absolute Gasteiger partial charge is 0.457 e. The van der Waals surface area contributed by atoms with Gasteiger partial charge in [0.15, 0.2) is 32.4 Å². The molecule has 1 atom stereocenters. The molecule has 1 unspecified atom stereocenters. The maximum Gasteiger partial charge on any atom is 0.265 e.